The van der Waals surface area contributed by atoms with Crippen LogP contribution in [-0.2, 0) is 0 Å². The minimum Gasteiger partial charge on any atom is -0.370 e. The second kappa shape index (κ2) is 8.74. The van der Waals surface area contributed by atoms with Crippen molar-refractivity contribution in [1.29, 1.82) is 0 Å². The van der Waals surface area contributed by atoms with Crippen molar-refractivity contribution in [3.63, 3.8) is 0 Å². The summed E-state index contributed by atoms with van der Waals surface area (Å²) in [6.45, 7) is 9.61. The minimum atomic E-state index is 0. The Bertz CT molecular complexity index is 235. The van der Waals surface area contributed by atoms with Gasteiger partial charge in [0.25, 0.3) is 0 Å². The Morgan fingerprint density at radius 1 is 1.35 bits per heavy atom. The lowest BCUT2D eigenvalue weighted by Gasteiger charge is -2.27. The maximum Gasteiger partial charge on any atom is 0.191 e. The molecule has 0 bridgehead atoms. The molecule has 6 heteroatoms. The van der Waals surface area contributed by atoms with E-state index in [-0.39, 0.29) is 24.0 Å². The van der Waals surface area contributed by atoms with Crippen LogP contribution in [-0.4, -0.2) is 52.5 Å². The van der Waals surface area contributed by atoms with E-state index >= 15 is 0 Å². The fraction of sp³-hybridized carbons (Fsp3) is 0.909. The summed E-state index contributed by atoms with van der Waals surface area (Å²) in [4.78, 5) is 6.63. The summed E-state index contributed by atoms with van der Waals surface area (Å²) in [5, 5.41) is 0. The van der Waals surface area contributed by atoms with E-state index in [0.717, 1.165) is 31.3 Å². The van der Waals surface area contributed by atoms with Gasteiger partial charge in [0.1, 0.15) is 0 Å². The molecule has 0 spiro atoms. The van der Waals surface area contributed by atoms with Crippen molar-refractivity contribution >= 4 is 53.5 Å². The highest BCUT2D eigenvalue weighted by Gasteiger charge is 2.12. The van der Waals surface area contributed by atoms with Crippen LogP contribution in [0, 0.1) is 0 Å². The zero-order valence-corrected chi connectivity index (χ0v) is 14.9. The molecule has 2 N–H and O–H groups in total. The SMILES string of the molecule is CC(C)(C)SCCN=C(N)N1CCSCC1.I. The molecule has 0 atom stereocenters. The van der Waals surface area contributed by atoms with Crippen LogP contribution in [0.15, 0.2) is 4.99 Å². The number of halogens is 1. The molecule has 3 nitrogen and oxygen atoms in total. The van der Waals surface area contributed by atoms with Crippen molar-refractivity contribution in [1.82, 2.24) is 4.90 Å². The normalized spacial score (nSPS) is 17.8. The number of hydrogen-bond acceptors (Lipinski definition) is 3. The molecule has 0 aromatic carbocycles. The van der Waals surface area contributed by atoms with Gasteiger partial charge >= 0.3 is 0 Å². The first kappa shape index (κ1) is 17.7. The van der Waals surface area contributed by atoms with Crippen LogP contribution in [0.5, 0.6) is 0 Å². The number of thioether (sulfide) groups is 2. The number of rotatable bonds is 3. The molecule has 1 aliphatic rings. The smallest absolute Gasteiger partial charge is 0.191 e. The molecule has 1 aliphatic heterocycles. The predicted octanol–water partition coefficient (Wildman–Crippen LogP) is 2.50. The summed E-state index contributed by atoms with van der Waals surface area (Å²) in [6, 6.07) is 0. The van der Waals surface area contributed by atoms with E-state index in [1.165, 1.54) is 11.5 Å². The van der Waals surface area contributed by atoms with Gasteiger partial charge < -0.3 is 10.6 Å². The quantitative estimate of drug-likeness (QED) is 0.349. The lowest BCUT2D eigenvalue weighted by molar-refractivity contribution is 0.456. The van der Waals surface area contributed by atoms with E-state index in [4.69, 9.17) is 5.73 Å². The third-order valence-electron chi connectivity index (χ3n) is 2.24. The van der Waals surface area contributed by atoms with E-state index < -0.39 is 0 Å². The van der Waals surface area contributed by atoms with E-state index in [1.54, 1.807) is 0 Å². The van der Waals surface area contributed by atoms with Crippen molar-refractivity contribution in [2.45, 2.75) is 25.5 Å². The van der Waals surface area contributed by atoms with Crippen LogP contribution >= 0.6 is 47.5 Å². The van der Waals surface area contributed by atoms with Crippen LogP contribution in [0.25, 0.3) is 0 Å². The molecule has 0 aromatic heterocycles. The van der Waals surface area contributed by atoms with Gasteiger partial charge in [-0.1, -0.05) is 20.8 Å². The molecule has 1 saturated heterocycles. The van der Waals surface area contributed by atoms with Gasteiger partial charge in [0.15, 0.2) is 5.96 Å². The molecule has 0 unspecified atom stereocenters. The predicted molar refractivity (Wildman–Crippen MR) is 93.0 cm³/mol. The molecule has 1 heterocycles. The lowest BCUT2D eigenvalue weighted by atomic mass is 10.3. The molecule has 1 rings (SSSR count). The molecule has 1 fully saturated rings. The van der Waals surface area contributed by atoms with Gasteiger partial charge in [0.2, 0.25) is 0 Å². The van der Waals surface area contributed by atoms with Gasteiger partial charge in [-0.15, -0.1) is 24.0 Å². The van der Waals surface area contributed by atoms with E-state index in [9.17, 15) is 0 Å². The number of aliphatic imine (C=N–C) groups is 1. The fourth-order valence-corrected chi connectivity index (χ4v) is 3.10. The monoisotopic (exact) mass is 389 g/mol. The highest BCUT2D eigenvalue weighted by molar-refractivity contribution is 14.0. The first-order valence-electron chi connectivity index (χ1n) is 5.75. The highest BCUT2D eigenvalue weighted by atomic mass is 127. The number of guanidine groups is 1. The first-order valence-corrected chi connectivity index (χ1v) is 7.90. The van der Waals surface area contributed by atoms with Crippen molar-refractivity contribution in [3.05, 3.63) is 0 Å². The summed E-state index contributed by atoms with van der Waals surface area (Å²) in [7, 11) is 0. The number of nitrogens with zero attached hydrogens (tertiary/aromatic N) is 2. The van der Waals surface area contributed by atoms with Crippen LogP contribution < -0.4 is 5.73 Å². The maximum absolute atomic E-state index is 5.96. The van der Waals surface area contributed by atoms with Crippen molar-refractivity contribution in [3.8, 4) is 0 Å². The summed E-state index contributed by atoms with van der Waals surface area (Å²) < 4.78 is 0.325. The van der Waals surface area contributed by atoms with Gasteiger partial charge in [-0.25, -0.2) is 0 Å². The second-order valence-electron chi connectivity index (χ2n) is 4.80. The fourth-order valence-electron chi connectivity index (χ4n) is 1.40. The Labute approximate surface area is 131 Å². The van der Waals surface area contributed by atoms with Crippen LogP contribution in [0.3, 0.4) is 0 Å². The van der Waals surface area contributed by atoms with Crippen molar-refractivity contribution < 1.29 is 0 Å². The largest absolute Gasteiger partial charge is 0.370 e. The Hall–Kier alpha value is 0.700. The minimum absolute atomic E-state index is 0. The Morgan fingerprint density at radius 2 is 1.94 bits per heavy atom. The van der Waals surface area contributed by atoms with Gasteiger partial charge in [-0.2, -0.15) is 23.5 Å². The van der Waals surface area contributed by atoms with E-state index in [0.29, 0.717) is 4.75 Å². The summed E-state index contributed by atoms with van der Waals surface area (Å²) >= 11 is 3.93. The first-order chi connectivity index (χ1) is 7.49. The molecular formula is C11H24IN3S2. The zero-order valence-electron chi connectivity index (χ0n) is 10.9. The molecular weight excluding hydrogens is 365 g/mol. The molecule has 0 radical (unpaired) electrons. The Kier molecular flexibility index (Phi) is 9.10. The lowest BCUT2D eigenvalue weighted by Crippen LogP contribution is -2.42. The molecule has 102 valence electrons. The second-order valence-corrected chi connectivity index (χ2v) is 7.95. The zero-order chi connectivity index (χ0) is 12.0. The topological polar surface area (TPSA) is 41.6 Å². The maximum atomic E-state index is 5.96. The molecule has 0 saturated carbocycles. The average molecular weight is 389 g/mol. The van der Waals surface area contributed by atoms with Crippen LogP contribution in [0.1, 0.15) is 20.8 Å². The number of hydrogen-bond donors (Lipinski definition) is 1. The summed E-state index contributed by atoms with van der Waals surface area (Å²) in [5.74, 6) is 4.13. The standard InChI is InChI=1S/C11H23N3S2.HI/c1-11(2,3)16-7-4-13-10(12)14-5-8-15-9-6-14;/h4-9H2,1-3H3,(H2,12,13);1H. The third kappa shape index (κ3) is 8.42. The third-order valence-corrected chi connectivity index (χ3v) is 4.43. The summed E-state index contributed by atoms with van der Waals surface area (Å²) in [6.07, 6.45) is 0. The van der Waals surface area contributed by atoms with Crippen LogP contribution in [0.2, 0.25) is 0 Å². The molecule has 17 heavy (non-hydrogen) atoms. The molecule has 0 aromatic rings. The molecule has 0 aliphatic carbocycles. The Morgan fingerprint density at radius 3 is 2.47 bits per heavy atom. The summed E-state index contributed by atoms with van der Waals surface area (Å²) in [5.41, 5.74) is 5.96. The van der Waals surface area contributed by atoms with Gasteiger partial charge in [0, 0.05) is 35.1 Å². The van der Waals surface area contributed by atoms with Gasteiger partial charge in [0.05, 0.1) is 6.54 Å². The molecule has 0 amide bonds. The van der Waals surface area contributed by atoms with Gasteiger partial charge in [-0.05, 0) is 0 Å². The van der Waals surface area contributed by atoms with Crippen molar-refractivity contribution in [2.75, 3.05) is 36.9 Å². The average Bonchev–Trinajstić information content (AvgIpc) is 2.24. The van der Waals surface area contributed by atoms with Crippen molar-refractivity contribution in [2.24, 2.45) is 10.7 Å². The van der Waals surface area contributed by atoms with E-state index in [1.807, 2.05) is 23.5 Å². The highest BCUT2D eigenvalue weighted by Crippen LogP contribution is 2.22. The van der Waals surface area contributed by atoms with E-state index in [2.05, 4.69) is 30.7 Å². The Balaban J connectivity index is 0.00000256. The van der Waals surface area contributed by atoms with Gasteiger partial charge in [-0.3, -0.25) is 4.99 Å². The van der Waals surface area contributed by atoms with Crippen LogP contribution in [0.4, 0.5) is 0 Å². The number of nitrogens with two attached hydrogens (primary N) is 1.